The number of halogens is 1. The fourth-order valence-corrected chi connectivity index (χ4v) is 3.32. The summed E-state index contributed by atoms with van der Waals surface area (Å²) in [6.07, 6.45) is 7.99. The van der Waals surface area contributed by atoms with Crippen LogP contribution in [0.5, 0.6) is 0 Å². The molecule has 2 heteroatoms. The van der Waals surface area contributed by atoms with E-state index in [1.807, 2.05) is 6.07 Å². The van der Waals surface area contributed by atoms with Crippen molar-refractivity contribution in [2.45, 2.75) is 64.5 Å². The van der Waals surface area contributed by atoms with Gasteiger partial charge in [0.2, 0.25) is 0 Å². The Labute approximate surface area is 116 Å². The second-order valence-corrected chi connectivity index (χ2v) is 5.86. The van der Waals surface area contributed by atoms with E-state index in [0.717, 1.165) is 17.9 Å². The van der Waals surface area contributed by atoms with E-state index in [1.54, 1.807) is 12.1 Å². The lowest BCUT2D eigenvalue weighted by molar-refractivity contribution is 0.249. The summed E-state index contributed by atoms with van der Waals surface area (Å²) >= 11 is 0. The standard InChI is InChI=1S/C17H26FN/c1-3-17(14-8-5-4-6-9-14)19-13(2)15-10-7-11-16(18)12-15/h7,10-14,17,19H,3-6,8-9H2,1-2H3. The minimum absolute atomic E-state index is 0.142. The molecule has 0 amide bonds. The highest BCUT2D eigenvalue weighted by molar-refractivity contribution is 5.19. The smallest absolute Gasteiger partial charge is 0.123 e. The molecule has 0 heterocycles. The maximum absolute atomic E-state index is 13.3. The largest absolute Gasteiger partial charge is 0.307 e. The number of rotatable bonds is 5. The van der Waals surface area contributed by atoms with Crippen LogP contribution in [-0.4, -0.2) is 6.04 Å². The molecule has 1 saturated carbocycles. The Morgan fingerprint density at radius 3 is 2.63 bits per heavy atom. The van der Waals surface area contributed by atoms with Crippen LogP contribution in [0.1, 0.15) is 64.0 Å². The predicted octanol–water partition coefficient (Wildman–Crippen LogP) is 4.84. The molecular formula is C17H26FN. The Bertz CT molecular complexity index is 385. The van der Waals surface area contributed by atoms with Crippen molar-refractivity contribution >= 4 is 0 Å². The van der Waals surface area contributed by atoms with Gasteiger partial charge in [-0.2, -0.15) is 0 Å². The molecule has 2 atom stereocenters. The fraction of sp³-hybridized carbons (Fsp3) is 0.647. The first-order valence-corrected chi connectivity index (χ1v) is 7.72. The zero-order valence-corrected chi connectivity index (χ0v) is 12.2. The third-order valence-electron chi connectivity index (χ3n) is 4.47. The van der Waals surface area contributed by atoms with Crippen molar-refractivity contribution in [3.8, 4) is 0 Å². The number of benzene rings is 1. The molecule has 1 aliphatic rings. The van der Waals surface area contributed by atoms with E-state index in [4.69, 9.17) is 0 Å². The van der Waals surface area contributed by atoms with E-state index in [9.17, 15) is 4.39 Å². The maximum Gasteiger partial charge on any atom is 0.123 e. The molecule has 1 fully saturated rings. The van der Waals surface area contributed by atoms with Crippen molar-refractivity contribution in [3.63, 3.8) is 0 Å². The summed E-state index contributed by atoms with van der Waals surface area (Å²) in [4.78, 5) is 0. The first kappa shape index (κ1) is 14.5. The van der Waals surface area contributed by atoms with E-state index < -0.39 is 0 Å². The van der Waals surface area contributed by atoms with Crippen LogP contribution in [0.4, 0.5) is 4.39 Å². The average molecular weight is 263 g/mol. The molecule has 1 aliphatic carbocycles. The molecule has 106 valence electrons. The van der Waals surface area contributed by atoms with Gasteiger partial charge in [-0.1, -0.05) is 38.3 Å². The van der Waals surface area contributed by atoms with E-state index >= 15 is 0 Å². The third kappa shape index (κ3) is 4.04. The van der Waals surface area contributed by atoms with Gasteiger partial charge in [-0.3, -0.25) is 0 Å². The SMILES string of the molecule is CCC(NC(C)c1cccc(F)c1)C1CCCCC1. The molecule has 0 radical (unpaired) electrons. The van der Waals surface area contributed by atoms with Gasteiger partial charge >= 0.3 is 0 Å². The van der Waals surface area contributed by atoms with Gasteiger partial charge in [0.15, 0.2) is 0 Å². The van der Waals surface area contributed by atoms with Crippen LogP contribution in [0.15, 0.2) is 24.3 Å². The second-order valence-electron chi connectivity index (χ2n) is 5.86. The molecule has 0 aromatic heterocycles. The van der Waals surface area contributed by atoms with Crippen molar-refractivity contribution in [3.05, 3.63) is 35.6 Å². The van der Waals surface area contributed by atoms with Gasteiger partial charge in [-0.25, -0.2) is 4.39 Å². The zero-order valence-electron chi connectivity index (χ0n) is 12.2. The lowest BCUT2D eigenvalue weighted by Gasteiger charge is -2.32. The minimum Gasteiger partial charge on any atom is -0.307 e. The lowest BCUT2D eigenvalue weighted by Crippen LogP contribution is -2.38. The van der Waals surface area contributed by atoms with Gasteiger partial charge in [-0.15, -0.1) is 0 Å². The van der Waals surface area contributed by atoms with Crippen LogP contribution in [0.2, 0.25) is 0 Å². The van der Waals surface area contributed by atoms with Gasteiger partial charge < -0.3 is 5.32 Å². The van der Waals surface area contributed by atoms with Gasteiger partial charge in [0.25, 0.3) is 0 Å². The Morgan fingerprint density at radius 1 is 1.26 bits per heavy atom. The zero-order chi connectivity index (χ0) is 13.7. The monoisotopic (exact) mass is 263 g/mol. The summed E-state index contributed by atoms with van der Waals surface area (Å²) in [7, 11) is 0. The van der Waals surface area contributed by atoms with Gasteiger partial charge in [0, 0.05) is 12.1 Å². The first-order valence-electron chi connectivity index (χ1n) is 7.72. The van der Waals surface area contributed by atoms with Crippen LogP contribution >= 0.6 is 0 Å². The van der Waals surface area contributed by atoms with E-state index in [1.165, 1.54) is 38.2 Å². The highest BCUT2D eigenvalue weighted by Gasteiger charge is 2.23. The highest BCUT2D eigenvalue weighted by atomic mass is 19.1. The molecule has 0 aliphatic heterocycles. The minimum atomic E-state index is -0.142. The molecule has 1 aromatic rings. The van der Waals surface area contributed by atoms with Crippen LogP contribution < -0.4 is 5.32 Å². The van der Waals surface area contributed by atoms with Crippen molar-refractivity contribution in [2.24, 2.45) is 5.92 Å². The Hall–Kier alpha value is -0.890. The van der Waals surface area contributed by atoms with Crippen LogP contribution in [0.25, 0.3) is 0 Å². The molecule has 1 N–H and O–H groups in total. The molecular weight excluding hydrogens is 237 g/mol. The molecule has 0 bridgehead atoms. The summed E-state index contributed by atoms with van der Waals surface area (Å²) in [5, 5.41) is 3.71. The summed E-state index contributed by atoms with van der Waals surface area (Å²) in [6, 6.07) is 7.75. The van der Waals surface area contributed by atoms with E-state index in [2.05, 4.69) is 19.2 Å². The molecule has 0 saturated heterocycles. The quantitative estimate of drug-likeness (QED) is 0.802. The number of nitrogens with one attached hydrogen (secondary N) is 1. The Kier molecular flexibility index (Phi) is 5.38. The topological polar surface area (TPSA) is 12.0 Å². The molecule has 0 spiro atoms. The van der Waals surface area contributed by atoms with Gasteiger partial charge in [-0.05, 0) is 49.8 Å². The summed E-state index contributed by atoms with van der Waals surface area (Å²) in [5.41, 5.74) is 1.05. The number of hydrogen-bond acceptors (Lipinski definition) is 1. The predicted molar refractivity (Wildman–Crippen MR) is 78.6 cm³/mol. The van der Waals surface area contributed by atoms with E-state index in [0.29, 0.717) is 6.04 Å². The third-order valence-corrected chi connectivity index (χ3v) is 4.47. The normalized spacial score (nSPS) is 20.2. The number of hydrogen-bond donors (Lipinski definition) is 1. The second kappa shape index (κ2) is 7.04. The molecule has 2 unspecified atom stereocenters. The first-order chi connectivity index (χ1) is 9.20. The Balaban J connectivity index is 1.97. The van der Waals surface area contributed by atoms with Crippen molar-refractivity contribution in [2.75, 3.05) is 0 Å². The molecule has 19 heavy (non-hydrogen) atoms. The Morgan fingerprint density at radius 2 is 2.00 bits per heavy atom. The van der Waals surface area contributed by atoms with Crippen molar-refractivity contribution in [1.82, 2.24) is 5.32 Å². The van der Waals surface area contributed by atoms with Gasteiger partial charge in [0.05, 0.1) is 0 Å². The molecule has 1 aromatic carbocycles. The summed E-state index contributed by atoms with van der Waals surface area (Å²) < 4.78 is 13.3. The van der Waals surface area contributed by atoms with Crippen molar-refractivity contribution < 1.29 is 4.39 Å². The highest BCUT2D eigenvalue weighted by Crippen LogP contribution is 2.29. The molecule has 2 rings (SSSR count). The maximum atomic E-state index is 13.3. The summed E-state index contributed by atoms with van der Waals surface area (Å²) in [5.74, 6) is 0.659. The van der Waals surface area contributed by atoms with E-state index in [-0.39, 0.29) is 11.9 Å². The van der Waals surface area contributed by atoms with Gasteiger partial charge in [0.1, 0.15) is 5.82 Å². The van der Waals surface area contributed by atoms with Crippen molar-refractivity contribution in [1.29, 1.82) is 0 Å². The summed E-state index contributed by atoms with van der Waals surface area (Å²) in [6.45, 7) is 4.39. The average Bonchev–Trinajstić information content (AvgIpc) is 2.45. The van der Waals surface area contributed by atoms with Crippen LogP contribution in [0.3, 0.4) is 0 Å². The lowest BCUT2D eigenvalue weighted by atomic mass is 9.82. The molecule has 1 nitrogen and oxygen atoms in total. The van der Waals surface area contributed by atoms with Crippen LogP contribution in [0, 0.1) is 11.7 Å². The fourth-order valence-electron chi connectivity index (χ4n) is 3.32. The van der Waals surface area contributed by atoms with Crippen LogP contribution in [-0.2, 0) is 0 Å².